The number of anilines is 1. The zero-order valence-corrected chi connectivity index (χ0v) is 10.5. The number of ether oxygens (including phenoxy) is 1. The number of aromatic nitrogens is 1. The highest BCUT2D eigenvalue weighted by molar-refractivity contribution is 5.88. The van der Waals surface area contributed by atoms with Gasteiger partial charge in [0.25, 0.3) is 0 Å². The highest BCUT2D eigenvalue weighted by Gasteiger charge is 2.22. The third-order valence-corrected chi connectivity index (χ3v) is 2.71. The van der Waals surface area contributed by atoms with Crippen molar-refractivity contribution in [3.05, 3.63) is 18.3 Å². The lowest BCUT2D eigenvalue weighted by Crippen LogP contribution is -2.30. The number of nitrogens with zero attached hydrogens (tertiary/aromatic N) is 2. The monoisotopic (exact) mass is 251 g/mol. The van der Waals surface area contributed by atoms with E-state index >= 15 is 0 Å². The summed E-state index contributed by atoms with van der Waals surface area (Å²) in [6, 6.07) is 3.13. The van der Waals surface area contributed by atoms with Gasteiger partial charge < -0.3 is 10.1 Å². The molecular formula is C12H17N3O3. The summed E-state index contributed by atoms with van der Waals surface area (Å²) in [6.07, 6.45) is 4.05. The van der Waals surface area contributed by atoms with Crippen LogP contribution >= 0.6 is 0 Å². The molecule has 0 aromatic carbocycles. The summed E-state index contributed by atoms with van der Waals surface area (Å²) in [5, 5.41) is 3.74. The Balaban J connectivity index is 1.84. The first-order valence-electron chi connectivity index (χ1n) is 5.86. The van der Waals surface area contributed by atoms with E-state index in [1.54, 1.807) is 18.3 Å². The predicted molar refractivity (Wildman–Crippen MR) is 66.2 cm³/mol. The minimum absolute atomic E-state index is 0.356. The molecule has 6 heteroatoms. The van der Waals surface area contributed by atoms with Gasteiger partial charge in [-0.1, -0.05) is 0 Å². The number of hydroxylamine groups is 2. The molecule has 1 heterocycles. The fraction of sp³-hybridized carbons (Fsp3) is 0.500. The molecule has 2 rings (SSSR count). The number of hydrogen-bond acceptors (Lipinski definition) is 4. The molecule has 1 aliphatic carbocycles. The van der Waals surface area contributed by atoms with Crippen LogP contribution in [0.5, 0.6) is 5.88 Å². The molecule has 0 atom stereocenters. The molecule has 1 aliphatic rings. The molecule has 1 fully saturated rings. The van der Waals surface area contributed by atoms with Crippen LogP contribution in [0.2, 0.25) is 0 Å². The van der Waals surface area contributed by atoms with Crippen LogP contribution in [0.1, 0.15) is 12.8 Å². The zero-order chi connectivity index (χ0) is 13.0. The second-order valence-corrected chi connectivity index (χ2v) is 4.25. The highest BCUT2D eigenvalue weighted by Crippen LogP contribution is 2.29. The van der Waals surface area contributed by atoms with Crippen molar-refractivity contribution < 1.29 is 14.4 Å². The standard InChI is InChI=1S/C12H17N3O3/c1-15(17-2)12(16)14-10-5-6-11(13-7-10)18-8-9-3-4-9/h5-7,9H,3-4,8H2,1-2H3,(H,14,16). The van der Waals surface area contributed by atoms with E-state index in [0.717, 1.165) is 11.7 Å². The maximum absolute atomic E-state index is 11.5. The lowest BCUT2D eigenvalue weighted by atomic mass is 10.4. The molecule has 0 radical (unpaired) electrons. The van der Waals surface area contributed by atoms with E-state index in [9.17, 15) is 4.79 Å². The van der Waals surface area contributed by atoms with Crippen molar-refractivity contribution in [3.63, 3.8) is 0 Å². The number of carbonyl (C=O) groups is 1. The molecule has 0 unspecified atom stereocenters. The van der Waals surface area contributed by atoms with E-state index in [-0.39, 0.29) is 6.03 Å². The van der Waals surface area contributed by atoms with E-state index in [1.165, 1.54) is 27.0 Å². The molecule has 0 aliphatic heterocycles. The topological polar surface area (TPSA) is 63.7 Å². The number of hydrogen-bond donors (Lipinski definition) is 1. The molecule has 0 saturated heterocycles. The lowest BCUT2D eigenvalue weighted by Gasteiger charge is -2.14. The molecule has 1 aromatic heterocycles. The summed E-state index contributed by atoms with van der Waals surface area (Å²) in [7, 11) is 2.95. The van der Waals surface area contributed by atoms with Crippen molar-refractivity contribution >= 4 is 11.7 Å². The van der Waals surface area contributed by atoms with Crippen LogP contribution in [0.15, 0.2) is 18.3 Å². The first kappa shape index (κ1) is 12.6. The van der Waals surface area contributed by atoms with Crippen molar-refractivity contribution in [2.45, 2.75) is 12.8 Å². The molecule has 1 saturated carbocycles. The van der Waals surface area contributed by atoms with Gasteiger partial charge in [-0.25, -0.2) is 14.8 Å². The van der Waals surface area contributed by atoms with Crippen LogP contribution in [-0.4, -0.2) is 36.8 Å². The van der Waals surface area contributed by atoms with Crippen LogP contribution in [-0.2, 0) is 4.84 Å². The van der Waals surface area contributed by atoms with Gasteiger partial charge in [0.15, 0.2) is 0 Å². The van der Waals surface area contributed by atoms with Crippen molar-refractivity contribution in [3.8, 4) is 5.88 Å². The first-order valence-corrected chi connectivity index (χ1v) is 5.86. The van der Waals surface area contributed by atoms with Crippen LogP contribution in [0.3, 0.4) is 0 Å². The first-order chi connectivity index (χ1) is 8.69. The van der Waals surface area contributed by atoms with Crippen molar-refractivity contribution in [2.24, 2.45) is 5.92 Å². The Morgan fingerprint density at radius 2 is 2.33 bits per heavy atom. The number of urea groups is 1. The maximum atomic E-state index is 11.5. The molecule has 2 amide bonds. The van der Waals surface area contributed by atoms with E-state index in [4.69, 9.17) is 9.57 Å². The smallest absolute Gasteiger partial charge is 0.345 e. The average molecular weight is 251 g/mol. The predicted octanol–water partition coefficient (Wildman–Crippen LogP) is 1.90. The van der Waals surface area contributed by atoms with Crippen LogP contribution in [0, 0.1) is 5.92 Å². The second-order valence-electron chi connectivity index (χ2n) is 4.25. The fourth-order valence-corrected chi connectivity index (χ4v) is 1.31. The molecule has 6 nitrogen and oxygen atoms in total. The van der Waals surface area contributed by atoms with Gasteiger partial charge in [0, 0.05) is 13.1 Å². The number of amides is 2. The lowest BCUT2D eigenvalue weighted by molar-refractivity contribution is -0.0598. The zero-order valence-electron chi connectivity index (χ0n) is 10.5. The van der Waals surface area contributed by atoms with E-state index in [0.29, 0.717) is 17.5 Å². The van der Waals surface area contributed by atoms with E-state index in [1.807, 2.05) is 0 Å². The van der Waals surface area contributed by atoms with Gasteiger partial charge in [0.05, 0.1) is 25.6 Å². The number of carbonyl (C=O) groups excluding carboxylic acids is 1. The molecular weight excluding hydrogens is 234 g/mol. The van der Waals surface area contributed by atoms with Crippen molar-refractivity contribution in [1.82, 2.24) is 10.0 Å². The number of rotatable bonds is 5. The minimum atomic E-state index is -0.356. The Labute approximate surface area is 106 Å². The second kappa shape index (κ2) is 5.68. The van der Waals surface area contributed by atoms with Gasteiger partial charge in [-0.2, -0.15) is 0 Å². The third-order valence-electron chi connectivity index (χ3n) is 2.71. The molecule has 0 bridgehead atoms. The van der Waals surface area contributed by atoms with Crippen LogP contribution in [0.25, 0.3) is 0 Å². The Kier molecular flexibility index (Phi) is 3.99. The normalized spacial score (nSPS) is 14.1. The summed E-state index contributed by atoms with van der Waals surface area (Å²) >= 11 is 0. The maximum Gasteiger partial charge on any atom is 0.345 e. The van der Waals surface area contributed by atoms with Gasteiger partial charge in [-0.15, -0.1) is 0 Å². The largest absolute Gasteiger partial charge is 0.477 e. The fourth-order valence-electron chi connectivity index (χ4n) is 1.31. The minimum Gasteiger partial charge on any atom is -0.477 e. The van der Waals surface area contributed by atoms with Crippen LogP contribution < -0.4 is 10.1 Å². The Morgan fingerprint density at radius 3 is 2.89 bits per heavy atom. The van der Waals surface area contributed by atoms with Crippen molar-refractivity contribution in [1.29, 1.82) is 0 Å². The van der Waals surface area contributed by atoms with E-state index in [2.05, 4.69) is 10.3 Å². The van der Waals surface area contributed by atoms with Crippen LogP contribution in [0.4, 0.5) is 10.5 Å². The summed E-state index contributed by atoms with van der Waals surface area (Å²) in [5.74, 6) is 1.28. The van der Waals surface area contributed by atoms with Gasteiger partial charge >= 0.3 is 6.03 Å². The van der Waals surface area contributed by atoms with Gasteiger partial charge in [-0.3, -0.25) is 4.84 Å². The molecule has 0 spiro atoms. The van der Waals surface area contributed by atoms with Crippen molar-refractivity contribution in [2.75, 3.05) is 26.1 Å². The van der Waals surface area contributed by atoms with Gasteiger partial charge in [0.2, 0.25) is 5.88 Å². The average Bonchev–Trinajstić information content (AvgIpc) is 3.21. The Morgan fingerprint density at radius 1 is 1.56 bits per heavy atom. The molecule has 1 aromatic rings. The summed E-state index contributed by atoms with van der Waals surface area (Å²) in [6.45, 7) is 0.727. The molecule has 98 valence electrons. The van der Waals surface area contributed by atoms with Gasteiger partial charge in [-0.05, 0) is 24.8 Å². The number of pyridine rings is 1. The Bertz CT molecular complexity index is 404. The quantitative estimate of drug-likeness (QED) is 0.812. The summed E-state index contributed by atoms with van der Waals surface area (Å²) < 4.78 is 5.50. The molecule has 1 N–H and O–H groups in total. The third kappa shape index (κ3) is 3.59. The highest BCUT2D eigenvalue weighted by atomic mass is 16.7. The number of nitrogens with one attached hydrogen (secondary N) is 1. The molecule has 18 heavy (non-hydrogen) atoms. The summed E-state index contributed by atoms with van der Waals surface area (Å²) in [4.78, 5) is 20.4. The summed E-state index contributed by atoms with van der Waals surface area (Å²) in [5.41, 5.74) is 0.600. The van der Waals surface area contributed by atoms with E-state index < -0.39 is 0 Å². The SMILES string of the molecule is CON(C)C(=O)Nc1ccc(OCC2CC2)nc1. The van der Waals surface area contributed by atoms with Gasteiger partial charge in [0.1, 0.15) is 0 Å². The Hall–Kier alpha value is -1.82.